The molecule has 1 aromatic rings. The van der Waals surface area contributed by atoms with Crippen molar-refractivity contribution >= 4 is 33.7 Å². The number of hydrogen-bond acceptors (Lipinski definition) is 6. The third-order valence-electron chi connectivity index (χ3n) is 4.76. The van der Waals surface area contributed by atoms with Gasteiger partial charge in [0.1, 0.15) is 6.04 Å². The Morgan fingerprint density at radius 1 is 1.13 bits per heavy atom. The molecule has 1 aromatic carbocycles. The van der Waals surface area contributed by atoms with E-state index < -0.39 is 39.7 Å². The van der Waals surface area contributed by atoms with Gasteiger partial charge in [-0.1, -0.05) is 17.7 Å². The number of nitrogens with zero attached hydrogens (tertiary/aromatic N) is 2. The molecule has 4 N–H and O–H groups in total. The molecule has 0 bridgehead atoms. The summed E-state index contributed by atoms with van der Waals surface area (Å²) in [4.78, 5) is 48.4. The number of sulfonamides is 1. The topological polar surface area (TPSA) is 159 Å². The number of benzene rings is 1. The number of nitrogens with one attached hydrogen (secondary N) is 2. The lowest BCUT2D eigenvalue weighted by molar-refractivity contribution is -0.138. The van der Waals surface area contributed by atoms with Crippen LogP contribution in [0.5, 0.6) is 0 Å². The van der Waals surface area contributed by atoms with Crippen LogP contribution in [-0.4, -0.2) is 80.0 Å². The van der Waals surface area contributed by atoms with Crippen LogP contribution in [0.2, 0.25) is 0 Å². The smallest absolute Gasteiger partial charge is 0.243 e. The van der Waals surface area contributed by atoms with Gasteiger partial charge >= 0.3 is 0 Å². The zero-order chi connectivity index (χ0) is 23.2. The molecular weight excluding hydrogens is 426 g/mol. The van der Waals surface area contributed by atoms with Gasteiger partial charge in [0.25, 0.3) is 0 Å². The second-order valence-electron chi connectivity index (χ2n) is 7.26. The molecule has 1 atom stereocenters. The molecule has 12 heteroatoms. The number of amides is 4. The molecule has 1 aliphatic rings. The van der Waals surface area contributed by atoms with Crippen molar-refractivity contribution in [3.05, 3.63) is 29.8 Å². The Kier molecular flexibility index (Phi) is 8.11. The molecule has 31 heavy (non-hydrogen) atoms. The van der Waals surface area contributed by atoms with E-state index in [-0.39, 0.29) is 44.0 Å². The summed E-state index contributed by atoms with van der Waals surface area (Å²) < 4.78 is 26.5. The van der Waals surface area contributed by atoms with Crippen LogP contribution in [-0.2, 0) is 29.2 Å². The fourth-order valence-corrected chi connectivity index (χ4v) is 4.23. The molecule has 0 saturated carbocycles. The Morgan fingerprint density at radius 2 is 1.77 bits per heavy atom. The van der Waals surface area contributed by atoms with Crippen LogP contribution in [0, 0.1) is 6.92 Å². The highest BCUT2D eigenvalue weighted by molar-refractivity contribution is 7.89. The summed E-state index contributed by atoms with van der Waals surface area (Å²) >= 11 is 0. The summed E-state index contributed by atoms with van der Waals surface area (Å²) in [5.74, 6) is -2.07. The average molecular weight is 454 g/mol. The highest BCUT2D eigenvalue weighted by atomic mass is 32.2. The van der Waals surface area contributed by atoms with Crippen LogP contribution in [0.3, 0.4) is 0 Å². The number of carbonyl (C=O) groups is 4. The molecule has 1 saturated heterocycles. The molecule has 0 unspecified atom stereocenters. The highest BCUT2D eigenvalue weighted by Gasteiger charge is 2.33. The maximum Gasteiger partial charge on any atom is 0.243 e. The maximum absolute atomic E-state index is 12.7. The van der Waals surface area contributed by atoms with Crippen LogP contribution in [0.25, 0.3) is 0 Å². The summed E-state index contributed by atoms with van der Waals surface area (Å²) in [5.41, 5.74) is 5.97. The van der Waals surface area contributed by atoms with E-state index in [1.54, 1.807) is 12.1 Å². The standard InChI is InChI=1S/C19H27N5O6S/c1-13-3-5-15(6-4-13)31(29,30)24-10-9-23(18(27)12-24)11-17(26)21-8-7-16(25)22-14(2)19(20)28/h3-6,14H,7-12H2,1-2H3,(H2,20,28)(H,21,26)(H,22,25)/t14-/m0/s1. The van der Waals surface area contributed by atoms with Gasteiger partial charge in [0.15, 0.2) is 0 Å². The summed E-state index contributed by atoms with van der Waals surface area (Å²) in [7, 11) is -3.80. The Bertz CT molecular complexity index is 947. The molecule has 1 heterocycles. The van der Waals surface area contributed by atoms with Crippen molar-refractivity contribution in [3.8, 4) is 0 Å². The lowest BCUT2D eigenvalue weighted by atomic mass is 10.2. The molecule has 0 aliphatic carbocycles. The molecule has 0 spiro atoms. The summed E-state index contributed by atoms with van der Waals surface area (Å²) in [6, 6.07) is 5.55. The van der Waals surface area contributed by atoms with Gasteiger partial charge < -0.3 is 21.3 Å². The second kappa shape index (κ2) is 10.4. The minimum Gasteiger partial charge on any atom is -0.368 e. The lowest BCUT2D eigenvalue weighted by Gasteiger charge is -2.33. The largest absolute Gasteiger partial charge is 0.368 e. The second-order valence-corrected chi connectivity index (χ2v) is 9.20. The molecule has 2 rings (SSSR count). The van der Waals surface area contributed by atoms with Crippen LogP contribution >= 0.6 is 0 Å². The Hall–Kier alpha value is -2.99. The zero-order valence-corrected chi connectivity index (χ0v) is 18.3. The molecular formula is C19H27N5O6S. The van der Waals surface area contributed by atoms with Crippen LogP contribution in [0.1, 0.15) is 18.9 Å². The number of aryl methyl sites for hydroxylation is 1. The molecule has 1 aliphatic heterocycles. The number of hydrogen-bond donors (Lipinski definition) is 3. The first-order chi connectivity index (χ1) is 14.5. The van der Waals surface area contributed by atoms with Gasteiger partial charge in [-0.25, -0.2) is 8.42 Å². The first-order valence-corrected chi connectivity index (χ1v) is 11.1. The van der Waals surface area contributed by atoms with Crippen molar-refractivity contribution in [3.63, 3.8) is 0 Å². The van der Waals surface area contributed by atoms with E-state index in [1.165, 1.54) is 24.0 Å². The summed E-state index contributed by atoms with van der Waals surface area (Å²) in [6.45, 7) is 2.87. The lowest BCUT2D eigenvalue weighted by Crippen LogP contribution is -2.54. The molecule has 11 nitrogen and oxygen atoms in total. The van der Waals surface area contributed by atoms with Crippen molar-refractivity contribution in [2.24, 2.45) is 5.73 Å². The van der Waals surface area contributed by atoms with Crippen molar-refractivity contribution in [2.45, 2.75) is 31.2 Å². The third kappa shape index (κ3) is 6.76. The van der Waals surface area contributed by atoms with E-state index in [0.717, 1.165) is 9.87 Å². The fourth-order valence-electron chi connectivity index (χ4n) is 2.85. The maximum atomic E-state index is 12.7. The van der Waals surface area contributed by atoms with Crippen LogP contribution < -0.4 is 16.4 Å². The Labute approximate surface area is 181 Å². The average Bonchev–Trinajstić information content (AvgIpc) is 2.69. The van der Waals surface area contributed by atoms with Crippen LogP contribution in [0.15, 0.2) is 29.2 Å². The van der Waals surface area contributed by atoms with Gasteiger partial charge in [-0.15, -0.1) is 0 Å². The number of piperazine rings is 1. The van der Waals surface area contributed by atoms with Gasteiger partial charge in [-0.05, 0) is 26.0 Å². The zero-order valence-electron chi connectivity index (χ0n) is 17.5. The van der Waals surface area contributed by atoms with E-state index >= 15 is 0 Å². The first-order valence-electron chi connectivity index (χ1n) is 9.70. The fraction of sp³-hybridized carbons (Fsp3) is 0.474. The molecule has 0 radical (unpaired) electrons. The van der Waals surface area contributed by atoms with E-state index in [4.69, 9.17) is 5.73 Å². The van der Waals surface area contributed by atoms with Gasteiger partial charge in [0.2, 0.25) is 33.7 Å². The monoisotopic (exact) mass is 453 g/mol. The Balaban J connectivity index is 1.80. The molecule has 0 aromatic heterocycles. The van der Waals surface area contributed by atoms with Crippen molar-refractivity contribution in [1.29, 1.82) is 0 Å². The third-order valence-corrected chi connectivity index (χ3v) is 6.61. The predicted molar refractivity (Wildman–Crippen MR) is 111 cm³/mol. The number of nitrogens with two attached hydrogens (primary N) is 1. The SMILES string of the molecule is Cc1ccc(S(=O)(=O)N2CCN(CC(=O)NCCC(=O)N[C@@H](C)C(N)=O)C(=O)C2)cc1. The highest BCUT2D eigenvalue weighted by Crippen LogP contribution is 2.18. The van der Waals surface area contributed by atoms with Gasteiger partial charge in [0, 0.05) is 26.1 Å². The summed E-state index contributed by atoms with van der Waals surface area (Å²) in [6.07, 6.45) is -0.0557. The van der Waals surface area contributed by atoms with Crippen LogP contribution in [0.4, 0.5) is 0 Å². The van der Waals surface area contributed by atoms with Gasteiger partial charge in [-0.3, -0.25) is 19.2 Å². The molecule has 170 valence electrons. The van der Waals surface area contributed by atoms with Gasteiger partial charge in [0.05, 0.1) is 18.0 Å². The van der Waals surface area contributed by atoms with Crippen molar-refractivity contribution < 1.29 is 27.6 Å². The van der Waals surface area contributed by atoms with Crippen molar-refractivity contribution in [1.82, 2.24) is 19.8 Å². The van der Waals surface area contributed by atoms with E-state index in [0.29, 0.717) is 0 Å². The quantitative estimate of drug-likeness (QED) is 0.405. The normalized spacial score (nSPS) is 15.9. The summed E-state index contributed by atoms with van der Waals surface area (Å²) in [5, 5.41) is 4.90. The minimum absolute atomic E-state index is 0.0199. The van der Waals surface area contributed by atoms with E-state index in [1.807, 2.05) is 6.92 Å². The van der Waals surface area contributed by atoms with Gasteiger partial charge in [-0.2, -0.15) is 4.31 Å². The minimum atomic E-state index is -3.80. The number of carbonyl (C=O) groups excluding carboxylic acids is 4. The van der Waals surface area contributed by atoms with E-state index in [2.05, 4.69) is 10.6 Å². The number of primary amides is 1. The first kappa shape index (κ1) is 24.3. The predicted octanol–water partition coefficient (Wildman–Crippen LogP) is -1.68. The molecule has 4 amide bonds. The number of rotatable bonds is 9. The Morgan fingerprint density at radius 3 is 2.35 bits per heavy atom. The van der Waals surface area contributed by atoms with Crippen molar-refractivity contribution in [2.75, 3.05) is 32.7 Å². The van der Waals surface area contributed by atoms with E-state index in [9.17, 15) is 27.6 Å². The molecule has 1 fully saturated rings.